The zero-order chi connectivity index (χ0) is 16.3. The van der Waals surface area contributed by atoms with Crippen molar-refractivity contribution < 1.29 is 4.79 Å². The van der Waals surface area contributed by atoms with Crippen LogP contribution in [0.5, 0.6) is 0 Å². The molecule has 0 saturated carbocycles. The summed E-state index contributed by atoms with van der Waals surface area (Å²) in [5, 5.41) is 3.36. The maximum atomic E-state index is 12.6. The van der Waals surface area contributed by atoms with Crippen molar-refractivity contribution in [2.45, 2.75) is 12.8 Å². The molecule has 1 aliphatic heterocycles. The highest BCUT2D eigenvalue weighted by Crippen LogP contribution is 2.32. The molecule has 0 spiro atoms. The first kappa shape index (κ1) is 18.5. The maximum Gasteiger partial charge on any atom is 0.229 e. The first-order chi connectivity index (χ1) is 11.1. The molecule has 1 atom stereocenters. The van der Waals surface area contributed by atoms with Gasteiger partial charge >= 0.3 is 0 Å². The lowest BCUT2D eigenvalue weighted by molar-refractivity contribution is -0.138. The summed E-state index contributed by atoms with van der Waals surface area (Å²) >= 11 is 0. The second kappa shape index (κ2) is 7.82. The van der Waals surface area contributed by atoms with Gasteiger partial charge in [-0.15, -0.1) is 12.4 Å². The quantitative estimate of drug-likeness (QED) is 0.922. The molecular weight excluding hydrogens is 320 g/mol. The van der Waals surface area contributed by atoms with E-state index in [9.17, 15) is 4.79 Å². The fraction of sp³-hybridized carbons (Fsp3) is 0.350. The lowest BCUT2D eigenvalue weighted by atomic mass is 9.79. The fourth-order valence-electron chi connectivity index (χ4n) is 3.46. The van der Waals surface area contributed by atoms with Gasteiger partial charge in [0.2, 0.25) is 5.91 Å². The van der Waals surface area contributed by atoms with Gasteiger partial charge in [-0.05, 0) is 36.1 Å². The molecule has 0 radical (unpaired) electrons. The molecule has 3 rings (SSSR count). The number of carbonyl (C=O) groups excluding carboxylic acids is 1. The molecule has 0 aromatic heterocycles. The average Bonchev–Trinajstić information content (AvgIpc) is 3.05. The van der Waals surface area contributed by atoms with Crippen molar-refractivity contribution in [3.63, 3.8) is 0 Å². The number of rotatable bonds is 4. The van der Waals surface area contributed by atoms with E-state index in [2.05, 4.69) is 53.8 Å². The van der Waals surface area contributed by atoms with Crippen LogP contribution < -0.4 is 5.32 Å². The van der Waals surface area contributed by atoms with E-state index >= 15 is 0 Å². The molecule has 0 bridgehead atoms. The van der Waals surface area contributed by atoms with Gasteiger partial charge in [-0.3, -0.25) is 4.79 Å². The van der Waals surface area contributed by atoms with Gasteiger partial charge in [0.05, 0.1) is 5.41 Å². The Hall–Kier alpha value is -1.84. The second-order valence-corrected chi connectivity index (χ2v) is 6.65. The van der Waals surface area contributed by atoms with Crippen LogP contribution in [-0.2, 0) is 11.2 Å². The summed E-state index contributed by atoms with van der Waals surface area (Å²) in [4.78, 5) is 14.4. The standard InChI is InChI=1S/C20H24N2O.ClH/c1-22(2)19(23)20(12-13-21-15-20)14-16-8-10-18(11-9-16)17-6-4-3-5-7-17;/h3-11,21H,12-15H2,1-2H3;1H. The zero-order valence-corrected chi connectivity index (χ0v) is 15.1. The smallest absolute Gasteiger partial charge is 0.229 e. The summed E-state index contributed by atoms with van der Waals surface area (Å²) in [5.74, 6) is 0.231. The topological polar surface area (TPSA) is 32.3 Å². The molecule has 2 aromatic rings. The van der Waals surface area contributed by atoms with Crippen molar-refractivity contribution in [3.8, 4) is 11.1 Å². The van der Waals surface area contributed by atoms with Crippen LogP contribution in [0.1, 0.15) is 12.0 Å². The van der Waals surface area contributed by atoms with Gasteiger partial charge in [0.25, 0.3) is 0 Å². The summed E-state index contributed by atoms with van der Waals surface area (Å²) in [6, 6.07) is 19.0. The van der Waals surface area contributed by atoms with E-state index in [1.807, 2.05) is 20.2 Å². The molecule has 2 aromatic carbocycles. The average molecular weight is 345 g/mol. The Balaban J connectivity index is 0.00000208. The molecule has 1 unspecified atom stereocenters. The van der Waals surface area contributed by atoms with Gasteiger partial charge in [0.1, 0.15) is 0 Å². The van der Waals surface area contributed by atoms with Crippen molar-refractivity contribution in [1.82, 2.24) is 10.2 Å². The van der Waals surface area contributed by atoms with Crippen LogP contribution >= 0.6 is 12.4 Å². The van der Waals surface area contributed by atoms with Crippen LogP contribution in [-0.4, -0.2) is 38.0 Å². The number of hydrogen-bond donors (Lipinski definition) is 1. The highest BCUT2D eigenvalue weighted by atomic mass is 35.5. The molecule has 0 aliphatic carbocycles. The Morgan fingerprint density at radius 1 is 1.04 bits per heavy atom. The summed E-state index contributed by atoms with van der Waals surface area (Å²) in [5.41, 5.74) is 3.37. The van der Waals surface area contributed by atoms with Crippen molar-refractivity contribution in [3.05, 3.63) is 60.2 Å². The molecule has 24 heavy (non-hydrogen) atoms. The molecule has 3 nitrogen and oxygen atoms in total. The van der Waals surface area contributed by atoms with Crippen LogP contribution in [0.3, 0.4) is 0 Å². The number of benzene rings is 2. The van der Waals surface area contributed by atoms with E-state index in [4.69, 9.17) is 0 Å². The van der Waals surface area contributed by atoms with Gasteiger partial charge in [0.15, 0.2) is 0 Å². The molecule has 1 saturated heterocycles. The third-order valence-corrected chi connectivity index (χ3v) is 4.71. The Bertz CT molecular complexity index is 662. The molecule has 4 heteroatoms. The number of nitrogens with zero attached hydrogens (tertiary/aromatic N) is 1. The minimum absolute atomic E-state index is 0. The predicted molar refractivity (Wildman–Crippen MR) is 101 cm³/mol. The zero-order valence-electron chi connectivity index (χ0n) is 14.3. The number of carbonyl (C=O) groups is 1. The molecular formula is C20H25ClN2O. The van der Waals surface area contributed by atoms with Crippen LogP contribution in [0.25, 0.3) is 11.1 Å². The highest BCUT2D eigenvalue weighted by molar-refractivity contribution is 5.85. The minimum Gasteiger partial charge on any atom is -0.348 e. The summed E-state index contributed by atoms with van der Waals surface area (Å²) in [7, 11) is 3.70. The Labute approximate surface area is 150 Å². The Morgan fingerprint density at radius 2 is 1.67 bits per heavy atom. The van der Waals surface area contributed by atoms with Crippen LogP contribution in [0.4, 0.5) is 0 Å². The Kier molecular flexibility index (Phi) is 6.03. The number of hydrogen-bond acceptors (Lipinski definition) is 2. The van der Waals surface area contributed by atoms with Crippen molar-refractivity contribution in [2.24, 2.45) is 5.41 Å². The monoisotopic (exact) mass is 344 g/mol. The van der Waals surface area contributed by atoms with E-state index in [0.717, 1.165) is 25.9 Å². The first-order valence-corrected chi connectivity index (χ1v) is 8.18. The maximum absolute atomic E-state index is 12.6. The lowest BCUT2D eigenvalue weighted by Gasteiger charge is -2.30. The van der Waals surface area contributed by atoms with Crippen LogP contribution in [0.2, 0.25) is 0 Å². The second-order valence-electron chi connectivity index (χ2n) is 6.65. The molecule has 1 amide bonds. The number of amides is 1. The van der Waals surface area contributed by atoms with Gasteiger partial charge in [0, 0.05) is 20.6 Å². The summed E-state index contributed by atoms with van der Waals surface area (Å²) in [6.45, 7) is 1.69. The third kappa shape index (κ3) is 3.80. The van der Waals surface area contributed by atoms with Crippen molar-refractivity contribution >= 4 is 18.3 Å². The Morgan fingerprint density at radius 3 is 2.21 bits per heavy atom. The van der Waals surface area contributed by atoms with Crippen molar-refractivity contribution in [1.29, 1.82) is 0 Å². The largest absolute Gasteiger partial charge is 0.348 e. The molecule has 1 heterocycles. The fourth-order valence-corrected chi connectivity index (χ4v) is 3.46. The lowest BCUT2D eigenvalue weighted by Crippen LogP contribution is -2.43. The van der Waals surface area contributed by atoms with Crippen molar-refractivity contribution in [2.75, 3.05) is 27.2 Å². The van der Waals surface area contributed by atoms with E-state index in [1.165, 1.54) is 16.7 Å². The normalized spacial score (nSPS) is 19.6. The summed E-state index contributed by atoms with van der Waals surface area (Å²) < 4.78 is 0. The summed E-state index contributed by atoms with van der Waals surface area (Å²) in [6.07, 6.45) is 1.70. The van der Waals surface area contributed by atoms with E-state index in [0.29, 0.717) is 0 Å². The minimum atomic E-state index is -0.294. The van der Waals surface area contributed by atoms with Crippen LogP contribution in [0, 0.1) is 5.41 Å². The third-order valence-electron chi connectivity index (χ3n) is 4.71. The molecule has 1 aliphatic rings. The van der Waals surface area contributed by atoms with Gasteiger partial charge in [-0.2, -0.15) is 0 Å². The molecule has 128 valence electrons. The van der Waals surface area contributed by atoms with Gasteiger partial charge < -0.3 is 10.2 Å². The van der Waals surface area contributed by atoms with E-state index in [1.54, 1.807) is 4.90 Å². The van der Waals surface area contributed by atoms with E-state index in [-0.39, 0.29) is 23.7 Å². The number of halogens is 1. The van der Waals surface area contributed by atoms with Gasteiger partial charge in [-0.1, -0.05) is 54.6 Å². The van der Waals surface area contributed by atoms with E-state index < -0.39 is 0 Å². The number of nitrogens with one attached hydrogen (secondary N) is 1. The highest BCUT2D eigenvalue weighted by Gasteiger charge is 2.42. The molecule has 1 N–H and O–H groups in total. The predicted octanol–water partition coefficient (Wildman–Crippen LogP) is 3.39. The van der Waals surface area contributed by atoms with Gasteiger partial charge in [-0.25, -0.2) is 0 Å². The first-order valence-electron chi connectivity index (χ1n) is 8.18. The SMILES string of the molecule is CN(C)C(=O)C1(Cc2ccc(-c3ccccc3)cc2)CCNC1.Cl. The van der Waals surface area contributed by atoms with Crippen LogP contribution in [0.15, 0.2) is 54.6 Å². The molecule has 1 fully saturated rings.